The average molecular weight is 561 g/mol. The number of carbonyl (C=O) groups excluding carboxylic acids is 1. The Morgan fingerprint density at radius 1 is 1.10 bits per heavy atom. The number of benzene rings is 2. The number of nitrogens with zero attached hydrogens (tertiary/aromatic N) is 1. The Morgan fingerprint density at radius 2 is 1.82 bits per heavy atom. The summed E-state index contributed by atoms with van der Waals surface area (Å²) in [7, 11) is 2.96. The van der Waals surface area contributed by atoms with Gasteiger partial charge in [0.1, 0.15) is 17.3 Å². The summed E-state index contributed by atoms with van der Waals surface area (Å²) in [5.41, 5.74) is 3.20. The third kappa shape index (κ3) is 7.29. The van der Waals surface area contributed by atoms with E-state index in [1.165, 1.54) is 32.1 Å². The van der Waals surface area contributed by atoms with Gasteiger partial charge < -0.3 is 19.5 Å². The van der Waals surface area contributed by atoms with Crippen LogP contribution in [0.3, 0.4) is 0 Å². The fourth-order valence-corrected chi connectivity index (χ4v) is 6.41. The number of methoxy groups -OCH3 is 2. The first-order valence-electron chi connectivity index (χ1n) is 13.9. The number of ether oxygens (including phenoxy) is 3. The van der Waals surface area contributed by atoms with Crippen molar-refractivity contribution >= 4 is 23.2 Å². The van der Waals surface area contributed by atoms with Crippen molar-refractivity contribution < 1.29 is 32.2 Å². The Labute approximate surface area is 234 Å². The highest BCUT2D eigenvalue weighted by Gasteiger charge is 2.38. The third-order valence-corrected chi connectivity index (χ3v) is 8.31. The van der Waals surface area contributed by atoms with Crippen molar-refractivity contribution in [2.75, 3.05) is 19.5 Å². The number of hydrogen-bond donors (Lipinski definition) is 1. The summed E-state index contributed by atoms with van der Waals surface area (Å²) in [4.78, 5) is 17.2. The molecule has 1 aliphatic carbocycles. The van der Waals surface area contributed by atoms with Gasteiger partial charge >= 0.3 is 12.3 Å². The quantitative estimate of drug-likeness (QED) is 0.347. The molecule has 2 aromatic rings. The van der Waals surface area contributed by atoms with Gasteiger partial charge in [-0.15, -0.1) is 13.2 Å². The van der Waals surface area contributed by atoms with Gasteiger partial charge in [-0.05, 0) is 90.8 Å². The number of rotatable bonds is 7. The molecule has 0 bridgehead atoms. The van der Waals surface area contributed by atoms with Crippen LogP contribution >= 0.6 is 0 Å². The minimum Gasteiger partial charge on any atom is -0.496 e. The fourth-order valence-electron chi connectivity index (χ4n) is 6.41. The summed E-state index contributed by atoms with van der Waals surface area (Å²) in [5.74, 6) is 3.22. The van der Waals surface area contributed by atoms with E-state index in [0.29, 0.717) is 52.9 Å². The molecule has 0 amide bonds. The van der Waals surface area contributed by atoms with Crippen LogP contribution in [-0.4, -0.2) is 32.4 Å². The molecule has 1 aliphatic heterocycles. The van der Waals surface area contributed by atoms with Gasteiger partial charge in [-0.3, -0.25) is 4.79 Å². The molecule has 1 saturated carbocycles. The van der Waals surface area contributed by atoms with Gasteiger partial charge in [-0.25, -0.2) is 4.99 Å². The predicted molar refractivity (Wildman–Crippen MR) is 149 cm³/mol. The molecule has 0 spiro atoms. The number of amidine groups is 1. The first kappa shape index (κ1) is 29.7. The smallest absolute Gasteiger partial charge is 0.496 e. The van der Waals surface area contributed by atoms with Gasteiger partial charge in [0.25, 0.3) is 0 Å². The minimum absolute atomic E-state index is 0.0612. The van der Waals surface area contributed by atoms with Crippen LogP contribution in [0.15, 0.2) is 41.4 Å². The van der Waals surface area contributed by atoms with Crippen molar-refractivity contribution in [2.45, 2.75) is 71.6 Å². The van der Waals surface area contributed by atoms with Crippen LogP contribution < -0.4 is 14.8 Å². The van der Waals surface area contributed by atoms with Crippen molar-refractivity contribution in [3.8, 4) is 11.5 Å². The molecule has 1 fully saturated rings. The van der Waals surface area contributed by atoms with Crippen molar-refractivity contribution in [1.82, 2.24) is 0 Å². The normalized spacial score (nSPS) is 23.1. The van der Waals surface area contributed by atoms with Gasteiger partial charge in [0.2, 0.25) is 0 Å². The van der Waals surface area contributed by atoms with Crippen LogP contribution in [0, 0.1) is 23.7 Å². The number of aliphatic imine (C=N–C) groups is 1. The van der Waals surface area contributed by atoms with E-state index in [9.17, 15) is 18.0 Å². The fraction of sp³-hybridized carbons (Fsp3) is 0.548. The zero-order chi connectivity index (χ0) is 29.0. The molecule has 1 unspecified atom stereocenters. The molecule has 218 valence electrons. The van der Waals surface area contributed by atoms with Gasteiger partial charge in [-0.1, -0.05) is 27.2 Å². The summed E-state index contributed by atoms with van der Waals surface area (Å²) in [6.45, 7) is 6.94. The number of carbonyl (C=O) groups is 1. The molecule has 4 atom stereocenters. The number of anilines is 1. The average Bonchev–Trinajstić information content (AvgIpc) is 3.06. The number of esters is 1. The summed E-state index contributed by atoms with van der Waals surface area (Å²) in [5, 5.41) is 3.31. The van der Waals surface area contributed by atoms with Gasteiger partial charge in [-0.2, -0.15) is 0 Å². The molecule has 0 aromatic heterocycles. The predicted octanol–water partition coefficient (Wildman–Crippen LogP) is 8.04. The van der Waals surface area contributed by atoms with Gasteiger partial charge in [0.05, 0.1) is 26.3 Å². The lowest BCUT2D eigenvalue weighted by Gasteiger charge is -2.42. The number of fused-ring (bicyclic) bond motifs is 1. The molecule has 0 radical (unpaired) electrons. The number of nitrogens with one attached hydrogen (secondary N) is 1. The van der Waals surface area contributed by atoms with Gasteiger partial charge in [0, 0.05) is 17.7 Å². The summed E-state index contributed by atoms with van der Waals surface area (Å²) >= 11 is 0. The third-order valence-electron chi connectivity index (χ3n) is 8.31. The number of halogens is 3. The van der Waals surface area contributed by atoms with E-state index < -0.39 is 6.36 Å². The topological polar surface area (TPSA) is 69.2 Å². The maximum atomic E-state index is 12.6. The van der Waals surface area contributed by atoms with Crippen molar-refractivity contribution in [2.24, 2.45) is 28.7 Å². The molecule has 6 nitrogen and oxygen atoms in total. The van der Waals surface area contributed by atoms with E-state index >= 15 is 0 Å². The summed E-state index contributed by atoms with van der Waals surface area (Å²) in [6, 6.07) is 9.61. The number of hydrogen-bond acceptors (Lipinski definition) is 6. The van der Waals surface area contributed by atoms with Gasteiger partial charge in [0.15, 0.2) is 0 Å². The zero-order valence-corrected chi connectivity index (χ0v) is 23.8. The van der Waals surface area contributed by atoms with E-state index in [-0.39, 0.29) is 24.1 Å². The lowest BCUT2D eigenvalue weighted by Crippen LogP contribution is -2.32. The molecular formula is C31H39F3N2O4. The Balaban J connectivity index is 1.71. The second kappa shape index (κ2) is 12.5. The van der Waals surface area contributed by atoms with E-state index in [2.05, 4.69) is 30.8 Å². The van der Waals surface area contributed by atoms with E-state index in [0.717, 1.165) is 24.1 Å². The SMILES string of the molecule is COC(=O)Cc1cc2c(cc1OC)[C@@H](C1C[C@H](C)CC[C@H]1C(C)C)CCC(Nc1ccc(OC(F)(F)F)cc1)=N2. The van der Waals surface area contributed by atoms with Crippen LogP contribution in [0.2, 0.25) is 0 Å². The molecule has 2 aromatic carbocycles. The van der Waals surface area contributed by atoms with Crippen LogP contribution in [0.5, 0.6) is 11.5 Å². The molecular weight excluding hydrogens is 521 g/mol. The van der Waals surface area contributed by atoms with E-state index in [1.807, 2.05) is 12.1 Å². The molecule has 1 heterocycles. The van der Waals surface area contributed by atoms with Crippen molar-refractivity contribution in [3.05, 3.63) is 47.5 Å². The highest BCUT2D eigenvalue weighted by atomic mass is 19.4. The summed E-state index contributed by atoms with van der Waals surface area (Å²) in [6.07, 6.45) is 0.433. The molecule has 40 heavy (non-hydrogen) atoms. The Hall–Kier alpha value is -3.23. The molecule has 0 saturated heterocycles. The van der Waals surface area contributed by atoms with Crippen molar-refractivity contribution in [3.63, 3.8) is 0 Å². The maximum absolute atomic E-state index is 12.6. The minimum atomic E-state index is -4.74. The first-order valence-corrected chi connectivity index (χ1v) is 13.9. The zero-order valence-electron chi connectivity index (χ0n) is 23.8. The molecule has 2 aliphatic rings. The van der Waals surface area contributed by atoms with Crippen LogP contribution in [0.1, 0.15) is 69.9 Å². The van der Waals surface area contributed by atoms with Crippen molar-refractivity contribution in [1.29, 1.82) is 0 Å². The maximum Gasteiger partial charge on any atom is 0.573 e. The first-order chi connectivity index (χ1) is 19.0. The summed E-state index contributed by atoms with van der Waals surface area (Å²) < 4.78 is 52.4. The monoisotopic (exact) mass is 560 g/mol. The van der Waals surface area contributed by atoms with E-state index in [4.69, 9.17) is 14.5 Å². The largest absolute Gasteiger partial charge is 0.573 e. The van der Waals surface area contributed by atoms with Crippen LogP contribution in [-0.2, 0) is 16.0 Å². The molecule has 9 heteroatoms. The lowest BCUT2D eigenvalue weighted by atomic mass is 9.63. The number of alkyl halides is 3. The Kier molecular flexibility index (Phi) is 9.31. The second-order valence-electron chi connectivity index (χ2n) is 11.4. The highest BCUT2D eigenvalue weighted by Crippen LogP contribution is 2.50. The standard InChI is InChI=1S/C31H39F3N2O4/c1-18(2)23-11-6-19(3)14-25(23)24-12-13-29(35-21-7-9-22(10-8-21)40-31(32,33)34)36-27-15-20(16-30(37)39-5)28(38-4)17-26(24)27/h7-10,15,17-19,23-25H,6,11-14,16H2,1-5H3,(H,35,36)/t19-,23+,24-,25?/m1/s1. The highest BCUT2D eigenvalue weighted by molar-refractivity contribution is 5.98. The second-order valence-corrected chi connectivity index (χ2v) is 11.4. The Bertz CT molecular complexity index is 1210. The van der Waals surface area contributed by atoms with Crippen LogP contribution in [0.25, 0.3) is 0 Å². The Morgan fingerprint density at radius 3 is 2.45 bits per heavy atom. The lowest BCUT2D eigenvalue weighted by molar-refractivity contribution is -0.274. The van der Waals surface area contributed by atoms with E-state index in [1.54, 1.807) is 19.2 Å². The molecule has 4 rings (SSSR count). The van der Waals surface area contributed by atoms with Crippen LogP contribution in [0.4, 0.5) is 24.5 Å². The molecule has 1 N–H and O–H groups in total.